The predicted octanol–water partition coefficient (Wildman–Crippen LogP) is 4.79. The normalized spacial score (nSPS) is 11.5. The Hall–Kier alpha value is -4.59. The summed E-state index contributed by atoms with van der Waals surface area (Å²) in [6, 6.07) is 21.9. The van der Waals surface area contributed by atoms with Gasteiger partial charge in [0.15, 0.2) is 0 Å². The zero-order valence-corrected chi connectivity index (χ0v) is 19.3. The Morgan fingerprint density at radius 2 is 1.66 bits per heavy atom. The maximum atomic E-state index is 12.7. The Kier molecular flexibility index (Phi) is 9.01. The molecule has 0 aliphatic heterocycles. The van der Waals surface area contributed by atoms with Crippen LogP contribution in [0.4, 0.5) is 10.5 Å². The lowest BCUT2D eigenvalue weighted by Gasteiger charge is -2.19. The molecule has 0 saturated carbocycles. The first-order chi connectivity index (χ1) is 16.9. The second-order valence-corrected chi connectivity index (χ2v) is 7.51. The summed E-state index contributed by atoms with van der Waals surface area (Å²) in [5.74, 6) is 0.503. The molecule has 0 aliphatic carbocycles. The van der Waals surface area contributed by atoms with Crippen molar-refractivity contribution in [2.75, 3.05) is 11.9 Å². The van der Waals surface area contributed by atoms with E-state index in [4.69, 9.17) is 15.2 Å². The van der Waals surface area contributed by atoms with E-state index in [9.17, 15) is 14.4 Å². The molecule has 0 fully saturated rings. The number of esters is 1. The molecule has 0 aliphatic rings. The molecule has 3 amide bonds. The van der Waals surface area contributed by atoms with Gasteiger partial charge in [-0.1, -0.05) is 42.5 Å². The minimum atomic E-state index is -0.741. The number of rotatable bonds is 10. The van der Waals surface area contributed by atoms with E-state index in [-0.39, 0.29) is 12.3 Å². The monoisotopic (exact) mass is 473 g/mol. The molecule has 0 heterocycles. The second kappa shape index (κ2) is 12.6. The van der Waals surface area contributed by atoms with Crippen molar-refractivity contribution in [3.8, 4) is 11.5 Å². The van der Waals surface area contributed by atoms with Gasteiger partial charge >= 0.3 is 12.0 Å². The summed E-state index contributed by atoms with van der Waals surface area (Å²) in [7, 11) is 0. The highest BCUT2D eigenvalue weighted by molar-refractivity contribution is 5.92. The van der Waals surface area contributed by atoms with Crippen LogP contribution in [-0.2, 0) is 14.3 Å². The first-order valence-electron chi connectivity index (χ1n) is 11.1. The lowest BCUT2D eigenvalue weighted by Crippen LogP contribution is -2.35. The topological polar surface area (TPSA) is 120 Å². The van der Waals surface area contributed by atoms with Crippen LogP contribution in [0.3, 0.4) is 0 Å². The van der Waals surface area contributed by atoms with E-state index in [1.54, 1.807) is 61.5 Å². The van der Waals surface area contributed by atoms with Gasteiger partial charge in [0.2, 0.25) is 5.91 Å². The molecular formula is C27H27N3O5. The Bertz CT molecular complexity index is 1180. The maximum absolute atomic E-state index is 12.7. The summed E-state index contributed by atoms with van der Waals surface area (Å²) >= 11 is 0. The SMILES string of the molecule is CCOC(=O)/C=C/c1ccc(NC(=O)CC(NC(N)=O)c2cccc(Oc3ccccc3)c2)cc1. The van der Waals surface area contributed by atoms with Gasteiger partial charge in [-0.2, -0.15) is 0 Å². The Morgan fingerprint density at radius 3 is 2.34 bits per heavy atom. The quantitative estimate of drug-likeness (QED) is 0.289. The predicted molar refractivity (Wildman–Crippen MR) is 134 cm³/mol. The standard InChI is InChI=1S/C27H27N3O5/c1-2-34-26(32)16-13-19-11-14-21(15-12-19)29-25(31)18-24(30-27(28)33)20-7-6-10-23(17-20)35-22-8-4-3-5-9-22/h3-17,24H,2,18H2,1H3,(H,29,31)(H3,28,30,33)/b16-13+. The number of hydrogen-bond acceptors (Lipinski definition) is 5. The molecule has 0 bridgehead atoms. The fraction of sp³-hybridized carbons (Fsp3) is 0.148. The van der Waals surface area contributed by atoms with E-state index in [1.807, 2.05) is 30.3 Å². The van der Waals surface area contributed by atoms with Crippen LogP contribution < -0.4 is 21.1 Å². The maximum Gasteiger partial charge on any atom is 0.330 e. The summed E-state index contributed by atoms with van der Waals surface area (Å²) in [6.07, 6.45) is 2.93. The molecule has 3 rings (SSSR count). The lowest BCUT2D eigenvalue weighted by atomic mass is 10.0. The smallest absolute Gasteiger partial charge is 0.330 e. The third-order valence-corrected chi connectivity index (χ3v) is 4.84. The van der Waals surface area contributed by atoms with E-state index in [2.05, 4.69) is 10.6 Å². The van der Waals surface area contributed by atoms with E-state index < -0.39 is 18.0 Å². The van der Waals surface area contributed by atoms with Crippen LogP contribution in [0.25, 0.3) is 6.08 Å². The van der Waals surface area contributed by atoms with Crippen LogP contribution in [0.5, 0.6) is 11.5 Å². The molecule has 3 aromatic carbocycles. The number of urea groups is 1. The second-order valence-electron chi connectivity index (χ2n) is 7.51. The minimum Gasteiger partial charge on any atom is -0.463 e. The van der Waals surface area contributed by atoms with Gasteiger partial charge < -0.3 is 25.8 Å². The number of amides is 3. The fourth-order valence-corrected chi connectivity index (χ4v) is 3.27. The van der Waals surface area contributed by atoms with Gasteiger partial charge in [-0.3, -0.25) is 4.79 Å². The Morgan fingerprint density at radius 1 is 0.943 bits per heavy atom. The number of para-hydroxylation sites is 1. The first-order valence-corrected chi connectivity index (χ1v) is 11.1. The summed E-state index contributed by atoms with van der Waals surface area (Å²) in [5, 5.41) is 5.42. The summed E-state index contributed by atoms with van der Waals surface area (Å²) in [4.78, 5) is 35.7. The zero-order chi connectivity index (χ0) is 25.0. The molecule has 4 N–H and O–H groups in total. The minimum absolute atomic E-state index is 0.0394. The van der Waals surface area contributed by atoms with E-state index in [1.165, 1.54) is 6.08 Å². The molecule has 8 nitrogen and oxygen atoms in total. The van der Waals surface area contributed by atoms with Crippen LogP contribution in [0.1, 0.15) is 30.5 Å². The van der Waals surface area contributed by atoms with Gasteiger partial charge in [-0.15, -0.1) is 0 Å². The zero-order valence-electron chi connectivity index (χ0n) is 19.3. The van der Waals surface area contributed by atoms with Crippen LogP contribution in [0, 0.1) is 0 Å². The first kappa shape index (κ1) is 25.0. The van der Waals surface area contributed by atoms with Crippen molar-refractivity contribution in [2.45, 2.75) is 19.4 Å². The van der Waals surface area contributed by atoms with Crippen LogP contribution in [0.2, 0.25) is 0 Å². The van der Waals surface area contributed by atoms with E-state index in [0.717, 1.165) is 5.56 Å². The number of carbonyl (C=O) groups excluding carboxylic acids is 3. The molecule has 3 aromatic rings. The average molecular weight is 474 g/mol. The highest BCUT2D eigenvalue weighted by Crippen LogP contribution is 2.26. The number of benzene rings is 3. The Balaban J connectivity index is 1.65. The largest absolute Gasteiger partial charge is 0.463 e. The summed E-state index contributed by atoms with van der Waals surface area (Å²) < 4.78 is 10.7. The molecule has 0 aromatic heterocycles. The van der Waals surface area contributed by atoms with Crippen molar-refractivity contribution in [3.05, 3.63) is 96.1 Å². The summed E-state index contributed by atoms with van der Waals surface area (Å²) in [6.45, 7) is 2.05. The van der Waals surface area contributed by atoms with Crippen molar-refractivity contribution < 1.29 is 23.9 Å². The van der Waals surface area contributed by atoms with Crippen molar-refractivity contribution in [1.29, 1.82) is 0 Å². The molecule has 8 heteroatoms. The number of nitrogens with two attached hydrogens (primary N) is 1. The third kappa shape index (κ3) is 8.36. The molecule has 1 unspecified atom stereocenters. The molecule has 0 radical (unpaired) electrons. The lowest BCUT2D eigenvalue weighted by molar-refractivity contribution is -0.137. The molecule has 180 valence electrons. The van der Waals surface area contributed by atoms with Crippen LogP contribution >= 0.6 is 0 Å². The third-order valence-electron chi connectivity index (χ3n) is 4.84. The number of carbonyl (C=O) groups is 3. The van der Waals surface area contributed by atoms with E-state index in [0.29, 0.717) is 29.4 Å². The summed E-state index contributed by atoms with van der Waals surface area (Å²) in [5.41, 5.74) is 7.38. The van der Waals surface area contributed by atoms with Gasteiger partial charge in [0.25, 0.3) is 0 Å². The van der Waals surface area contributed by atoms with E-state index >= 15 is 0 Å². The molecular weight excluding hydrogens is 446 g/mol. The fourth-order valence-electron chi connectivity index (χ4n) is 3.27. The molecule has 35 heavy (non-hydrogen) atoms. The van der Waals surface area contributed by atoms with Crippen LogP contribution in [0.15, 0.2) is 84.9 Å². The number of anilines is 1. The van der Waals surface area contributed by atoms with Crippen molar-refractivity contribution in [1.82, 2.24) is 5.32 Å². The van der Waals surface area contributed by atoms with Gasteiger partial charge in [0.1, 0.15) is 11.5 Å². The van der Waals surface area contributed by atoms with Crippen molar-refractivity contribution in [2.24, 2.45) is 5.73 Å². The molecule has 0 saturated heterocycles. The van der Waals surface area contributed by atoms with Crippen molar-refractivity contribution >= 4 is 29.7 Å². The van der Waals surface area contributed by atoms with Gasteiger partial charge in [-0.05, 0) is 60.5 Å². The molecule has 1 atom stereocenters. The van der Waals surface area contributed by atoms with Gasteiger partial charge in [0.05, 0.1) is 19.1 Å². The van der Waals surface area contributed by atoms with Gasteiger partial charge in [0, 0.05) is 11.8 Å². The number of nitrogens with one attached hydrogen (secondary N) is 2. The number of hydrogen-bond donors (Lipinski definition) is 3. The Labute approximate surface area is 203 Å². The van der Waals surface area contributed by atoms with Gasteiger partial charge in [-0.25, -0.2) is 9.59 Å². The molecule has 0 spiro atoms. The number of primary amides is 1. The number of ether oxygens (including phenoxy) is 2. The highest BCUT2D eigenvalue weighted by Gasteiger charge is 2.18. The van der Waals surface area contributed by atoms with Crippen molar-refractivity contribution in [3.63, 3.8) is 0 Å². The highest BCUT2D eigenvalue weighted by atomic mass is 16.5. The average Bonchev–Trinajstić information content (AvgIpc) is 2.84. The van der Waals surface area contributed by atoms with Crippen LogP contribution in [-0.4, -0.2) is 24.5 Å².